The third-order valence-corrected chi connectivity index (χ3v) is 3.72. The molecule has 1 aromatic rings. The van der Waals surface area contributed by atoms with Crippen molar-refractivity contribution in [2.45, 2.75) is 26.4 Å². The fourth-order valence-corrected chi connectivity index (χ4v) is 2.52. The van der Waals surface area contributed by atoms with Gasteiger partial charge in [0.05, 0.1) is 24.0 Å². The van der Waals surface area contributed by atoms with Gasteiger partial charge in [0.2, 0.25) is 0 Å². The summed E-state index contributed by atoms with van der Waals surface area (Å²) in [5.74, 6) is -0.399. The number of hydrogen-bond donors (Lipinski definition) is 1. The lowest BCUT2D eigenvalue weighted by Gasteiger charge is -2.37. The average Bonchev–Trinajstić information content (AvgIpc) is 2.53. The number of benzene rings is 1. The first kappa shape index (κ1) is 17.9. The van der Waals surface area contributed by atoms with Gasteiger partial charge in [-0.2, -0.15) is 0 Å². The van der Waals surface area contributed by atoms with Crippen LogP contribution in [-0.2, 0) is 9.47 Å². The quantitative estimate of drug-likeness (QED) is 0.658. The summed E-state index contributed by atoms with van der Waals surface area (Å²) in [6, 6.07) is 5.06. The predicted molar refractivity (Wildman–Crippen MR) is 92.2 cm³/mol. The minimum Gasteiger partial charge on any atom is -0.465 e. The Kier molecular flexibility index (Phi) is 5.21. The van der Waals surface area contributed by atoms with Gasteiger partial charge in [0.1, 0.15) is 5.60 Å². The van der Waals surface area contributed by atoms with Crippen molar-refractivity contribution in [2.24, 2.45) is 0 Å². The van der Waals surface area contributed by atoms with E-state index in [0.29, 0.717) is 37.4 Å². The van der Waals surface area contributed by atoms with Crippen molar-refractivity contribution < 1.29 is 19.1 Å². The smallest absolute Gasteiger partial charge is 0.410 e. The Morgan fingerprint density at radius 3 is 2.29 bits per heavy atom. The summed E-state index contributed by atoms with van der Waals surface area (Å²) in [5.41, 5.74) is 7.36. The molecule has 0 atom stereocenters. The van der Waals surface area contributed by atoms with Gasteiger partial charge in [0.25, 0.3) is 0 Å². The minimum absolute atomic E-state index is 0.307. The molecular weight excluding hydrogens is 310 g/mol. The molecule has 1 fully saturated rings. The highest BCUT2D eigenvalue weighted by Crippen LogP contribution is 2.26. The molecule has 0 aliphatic carbocycles. The molecule has 0 radical (unpaired) electrons. The topological polar surface area (TPSA) is 85.1 Å². The number of anilines is 2. The molecule has 1 aromatic carbocycles. The van der Waals surface area contributed by atoms with Gasteiger partial charge >= 0.3 is 12.1 Å². The number of hydrogen-bond acceptors (Lipinski definition) is 6. The Labute approximate surface area is 142 Å². The van der Waals surface area contributed by atoms with E-state index in [0.717, 1.165) is 5.69 Å². The first-order chi connectivity index (χ1) is 11.2. The molecule has 1 amide bonds. The van der Waals surface area contributed by atoms with E-state index in [4.69, 9.17) is 15.2 Å². The fourth-order valence-electron chi connectivity index (χ4n) is 2.52. The summed E-state index contributed by atoms with van der Waals surface area (Å²) < 4.78 is 10.1. The van der Waals surface area contributed by atoms with Crippen molar-refractivity contribution in [1.29, 1.82) is 0 Å². The molecule has 0 bridgehead atoms. The number of nitrogen functional groups attached to an aromatic ring is 1. The van der Waals surface area contributed by atoms with Gasteiger partial charge < -0.3 is 25.0 Å². The normalized spacial score (nSPS) is 15.2. The van der Waals surface area contributed by atoms with E-state index in [1.165, 1.54) is 7.11 Å². The van der Waals surface area contributed by atoms with Gasteiger partial charge in [-0.1, -0.05) is 0 Å². The maximum Gasteiger partial charge on any atom is 0.410 e. The highest BCUT2D eigenvalue weighted by molar-refractivity contribution is 5.92. The van der Waals surface area contributed by atoms with Crippen LogP contribution in [0.3, 0.4) is 0 Å². The van der Waals surface area contributed by atoms with Crippen molar-refractivity contribution in [3.63, 3.8) is 0 Å². The lowest BCUT2D eigenvalue weighted by molar-refractivity contribution is 0.0240. The van der Waals surface area contributed by atoms with Crippen molar-refractivity contribution in [2.75, 3.05) is 43.9 Å². The number of carbonyl (C=O) groups excluding carboxylic acids is 2. The summed E-state index contributed by atoms with van der Waals surface area (Å²) in [4.78, 5) is 27.5. The Morgan fingerprint density at radius 2 is 1.75 bits per heavy atom. The monoisotopic (exact) mass is 335 g/mol. The molecule has 0 saturated carbocycles. The van der Waals surface area contributed by atoms with Crippen LogP contribution < -0.4 is 10.6 Å². The lowest BCUT2D eigenvalue weighted by Crippen LogP contribution is -2.50. The highest BCUT2D eigenvalue weighted by Gasteiger charge is 2.26. The highest BCUT2D eigenvalue weighted by atomic mass is 16.6. The van der Waals surface area contributed by atoms with Crippen LogP contribution in [0.2, 0.25) is 0 Å². The van der Waals surface area contributed by atoms with Crippen molar-refractivity contribution in [1.82, 2.24) is 4.90 Å². The first-order valence-corrected chi connectivity index (χ1v) is 7.92. The summed E-state index contributed by atoms with van der Waals surface area (Å²) >= 11 is 0. The first-order valence-electron chi connectivity index (χ1n) is 7.92. The Hall–Kier alpha value is -2.44. The molecule has 132 valence electrons. The van der Waals surface area contributed by atoms with Gasteiger partial charge in [0, 0.05) is 26.2 Å². The molecule has 24 heavy (non-hydrogen) atoms. The van der Waals surface area contributed by atoms with E-state index in [-0.39, 0.29) is 6.09 Å². The molecule has 1 aliphatic heterocycles. The Morgan fingerprint density at radius 1 is 1.12 bits per heavy atom. The molecule has 1 heterocycles. The van der Waals surface area contributed by atoms with E-state index in [1.54, 1.807) is 23.1 Å². The molecule has 7 heteroatoms. The summed E-state index contributed by atoms with van der Waals surface area (Å²) in [6.07, 6.45) is -0.307. The van der Waals surface area contributed by atoms with Crippen LogP contribution in [0, 0.1) is 0 Å². The molecular formula is C17H25N3O4. The SMILES string of the molecule is COC(=O)c1ccc(N)c(N2CCN(C(=O)OC(C)(C)C)CC2)c1. The zero-order chi connectivity index (χ0) is 17.9. The van der Waals surface area contributed by atoms with E-state index in [2.05, 4.69) is 4.90 Å². The molecule has 0 unspecified atom stereocenters. The number of ether oxygens (including phenoxy) is 2. The Bertz CT molecular complexity index is 617. The maximum atomic E-state index is 12.1. The lowest BCUT2D eigenvalue weighted by atomic mass is 10.1. The van der Waals surface area contributed by atoms with Gasteiger partial charge in [-0.15, -0.1) is 0 Å². The molecule has 1 aliphatic rings. The molecule has 2 rings (SSSR count). The molecule has 2 N–H and O–H groups in total. The van der Waals surface area contributed by atoms with Crippen LogP contribution in [0.1, 0.15) is 31.1 Å². The third-order valence-electron chi connectivity index (χ3n) is 3.72. The number of piperazine rings is 1. The minimum atomic E-state index is -0.506. The average molecular weight is 335 g/mol. The number of rotatable bonds is 2. The van der Waals surface area contributed by atoms with Crippen LogP contribution in [0.25, 0.3) is 0 Å². The number of methoxy groups -OCH3 is 1. The molecule has 0 spiro atoms. The summed E-state index contributed by atoms with van der Waals surface area (Å²) in [7, 11) is 1.35. The van der Waals surface area contributed by atoms with E-state index < -0.39 is 11.6 Å². The van der Waals surface area contributed by atoms with E-state index in [1.807, 2.05) is 20.8 Å². The summed E-state index contributed by atoms with van der Waals surface area (Å²) in [6.45, 7) is 7.86. The van der Waals surface area contributed by atoms with Crippen LogP contribution in [-0.4, -0.2) is 55.9 Å². The second-order valence-corrected chi connectivity index (χ2v) is 6.72. The number of nitrogens with two attached hydrogens (primary N) is 1. The zero-order valence-corrected chi connectivity index (χ0v) is 14.7. The number of amides is 1. The van der Waals surface area contributed by atoms with E-state index in [9.17, 15) is 9.59 Å². The molecule has 1 saturated heterocycles. The number of nitrogens with zero attached hydrogens (tertiary/aromatic N) is 2. The van der Waals surface area contributed by atoms with Crippen molar-refractivity contribution in [3.8, 4) is 0 Å². The standard InChI is InChI=1S/C17H25N3O4/c1-17(2,3)24-16(22)20-9-7-19(8-10-20)14-11-12(15(21)23-4)5-6-13(14)18/h5-6,11H,7-10,18H2,1-4H3. The van der Waals surface area contributed by atoms with Gasteiger partial charge in [-0.3, -0.25) is 0 Å². The second kappa shape index (κ2) is 6.98. The second-order valence-electron chi connectivity index (χ2n) is 6.72. The maximum absolute atomic E-state index is 12.1. The van der Waals surface area contributed by atoms with Crippen LogP contribution in [0.15, 0.2) is 18.2 Å². The zero-order valence-electron chi connectivity index (χ0n) is 14.7. The van der Waals surface area contributed by atoms with Crippen molar-refractivity contribution in [3.05, 3.63) is 23.8 Å². The molecule has 0 aromatic heterocycles. The van der Waals surface area contributed by atoms with Crippen LogP contribution >= 0.6 is 0 Å². The largest absolute Gasteiger partial charge is 0.465 e. The van der Waals surface area contributed by atoms with Gasteiger partial charge in [-0.05, 0) is 39.0 Å². The third kappa shape index (κ3) is 4.31. The number of carbonyl (C=O) groups is 2. The van der Waals surface area contributed by atoms with Crippen LogP contribution in [0.5, 0.6) is 0 Å². The number of esters is 1. The van der Waals surface area contributed by atoms with E-state index >= 15 is 0 Å². The predicted octanol–water partition coefficient (Wildman–Crippen LogP) is 2.11. The Balaban J connectivity index is 2.04. The van der Waals surface area contributed by atoms with Gasteiger partial charge in [-0.25, -0.2) is 9.59 Å². The van der Waals surface area contributed by atoms with Gasteiger partial charge in [0.15, 0.2) is 0 Å². The summed E-state index contributed by atoms with van der Waals surface area (Å²) in [5, 5.41) is 0. The van der Waals surface area contributed by atoms with Crippen molar-refractivity contribution >= 4 is 23.4 Å². The molecule has 7 nitrogen and oxygen atoms in total. The fraction of sp³-hybridized carbons (Fsp3) is 0.529. The van der Waals surface area contributed by atoms with Crippen LogP contribution in [0.4, 0.5) is 16.2 Å².